The summed E-state index contributed by atoms with van der Waals surface area (Å²) < 4.78 is 31.9. The molecule has 2 atom stereocenters. The smallest absolute Gasteiger partial charge is 0.278 e. The summed E-state index contributed by atoms with van der Waals surface area (Å²) >= 11 is 0. The van der Waals surface area contributed by atoms with Crippen molar-refractivity contribution in [2.45, 2.75) is 31.4 Å². The van der Waals surface area contributed by atoms with Gasteiger partial charge in [0.05, 0.1) is 25.5 Å². The molecule has 42 heavy (non-hydrogen) atoms. The van der Waals surface area contributed by atoms with Gasteiger partial charge >= 0.3 is 0 Å². The third-order valence-corrected chi connectivity index (χ3v) is 7.29. The van der Waals surface area contributed by atoms with E-state index in [1.807, 2.05) is 0 Å². The highest BCUT2D eigenvalue weighted by molar-refractivity contribution is 6.16. The number of nitrogens with one attached hydrogen (secondary N) is 4. The van der Waals surface area contributed by atoms with Gasteiger partial charge in [0.2, 0.25) is 11.9 Å². The van der Waals surface area contributed by atoms with Crippen molar-refractivity contribution >= 4 is 46.5 Å². The molecule has 0 radical (unpaired) electrons. The van der Waals surface area contributed by atoms with Crippen LogP contribution in [-0.4, -0.2) is 71.0 Å². The first-order chi connectivity index (χ1) is 20.2. The number of carbonyl (C=O) groups excluding carboxylic acids is 3. The Kier molecular flexibility index (Phi) is 6.88. The molecule has 13 nitrogen and oxygen atoms in total. The molecule has 7 aliphatic rings. The largest absolute Gasteiger partial charge is 0.493 e. The molecular weight excluding hydrogens is 549 g/mol. The van der Waals surface area contributed by atoms with Crippen molar-refractivity contribution in [2.75, 3.05) is 42.8 Å². The average Bonchev–Trinajstić information content (AvgIpc) is 3.47. The first-order valence-corrected chi connectivity index (χ1v) is 13.4. The number of methoxy groups -OCH3 is 1. The predicted molar refractivity (Wildman–Crippen MR) is 149 cm³/mol. The van der Waals surface area contributed by atoms with E-state index in [0.717, 1.165) is 6.20 Å². The van der Waals surface area contributed by atoms with E-state index in [9.17, 15) is 18.8 Å². The number of halogens is 1. The second-order valence-electron chi connectivity index (χ2n) is 10.1. The van der Waals surface area contributed by atoms with Crippen molar-refractivity contribution in [3.8, 4) is 17.2 Å². The quantitative estimate of drug-likeness (QED) is 0.317. The SMILES string of the molecule is COc1cc2ccc1OCCNC(=O)C1CCCN1C(=O)C1(C)Oc3ccc(cc3NC1=O)Nc1nc(ncc1F)N2. The van der Waals surface area contributed by atoms with Crippen LogP contribution in [0.2, 0.25) is 0 Å². The van der Waals surface area contributed by atoms with Crippen LogP contribution in [0.4, 0.5) is 33.2 Å². The zero-order valence-corrected chi connectivity index (χ0v) is 22.8. The van der Waals surface area contributed by atoms with Crippen LogP contribution >= 0.6 is 0 Å². The van der Waals surface area contributed by atoms with E-state index in [0.29, 0.717) is 42.3 Å². The van der Waals surface area contributed by atoms with Crippen LogP contribution in [0.15, 0.2) is 42.6 Å². The zero-order chi connectivity index (χ0) is 29.4. The first-order valence-electron chi connectivity index (χ1n) is 13.4. The predicted octanol–water partition coefficient (Wildman–Crippen LogP) is 2.70. The van der Waals surface area contributed by atoms with E-state index >= 15 is 0 Å². The van der Waals surface area contributed by atoms with Crippen LogP contribution in [0, 0.1) is 5.82 Å². The van der Waals surface area contributed by atoms with Crippen molar-refractivity contribution in [3.63, 3.8) is 0 Å². The molecule has 2 aromatic carbocycles. The summed E-state index contributed by atoms with van der Waals surface area (Å²) in [7, 11) is 1.49. The summed E-state index contributed by atoms with van der Waals surface area (Å²) in [4.78, 5) is 49.6. The topological polar surface area (TPSA) is 156 Å². The van der Waals surface area contributed by atoms with Crippen molar-refractivity contribution in [3.05, 3.63) is 48.4 Å². The number of aromatic nitrogens is 2. The van der Waals surface area contributed by atoms with E-state index in [1.165, 1.54) is 25.0 Å². The number of rotatable bonds is 1. The highest BCUT2D eigenvalue weighted by Crippen LogP contribution is 2.38. The second kappa shape index (κ2) is 10.7. The van der Waals surface area contributed by atoms with Crippen LogP contribution in [0.3, 0.4) is 0 Å². The number of hydrogen-bond donors (Lipinski definition) is 4. The third kappa shape index (κ3) is 4.95. The number of carbonyl (C=O) groups is 3. The minimum Gasteiger partial charge on any atom is -0.493 e. The number of nitrogens with zero attached hydrogens (tertiary/aromatic N) is 3. The Morgan fingerprint density at radius 2 is 1.86 bits per heavy atom. The molecule has 0 saturated carbocycles. The Morgan fingerprint density at radius 1 is 1.07 bits per heavy atom. The average molecular weight is 578 g/mol. The highest BCUT2D eigenvalue weighted by atomic mass is 19.1. The van der Waals surface area contributed by atoms with E-state index in [1.54, 1.807) is 30.3 Å². The fraction of sp³-hybridized carbons (Fsp3) is 0.321. The van der Waals surface area contributed by atoms with Gasteiger partial charge in [-0.1, -0.05) is 0 Å². The summed E-state index contributed by atoms with van der Waals surface area (Å²) in [6.45, 7) is 1.99. The molecule has 3 aromatic rings. The molecule has 4 N–H and O–H groups in total. The summed E-state index contributed by atoms with van der Waals surface area (Å²) in [5.74, 6) is -1.26. The molecule has 8 bridgehead atoms. The fourth-order valence-electron chi connectivity index (χ4n) is 5.10. The number of benzene rings is 2. The maximum absolute atomic E-state index is 14.7. The van der Waals surface area contributed by atoms with E-state index in [2.05, 4.69) is 31.2 Å². The summed E-state index contributed by atoms with van der Waals surface area (Å²) in [6.07, 6.45) is 2.07. The molecule has 1 aromatic heterocycles. The number of amides is 3. The number of anilines is 5. The summed E-state index contributed by atoms with van der Waals surface area (Å²) in [5.41, 5.74) is -0.657. The van der Waals surface area contributed by atoms with Gasteiger partial charge in [-0.05, 0) is 50.1 Å². The van der Waals surface area contributed by atoms with Crippen LogP contribution in [0.5, 0.6) is 17.2 Å². The van der Waals surface area contributed by atoms with Gasteiger partial charge in [-0.3, -0.25) is 14.4 Å². The minimum atomic E-state index is -1.90. The lowest BCUT2D eigenvalue weighted by atomic mass is 10.00. The number of hydrogen-bond acceptors (Lipinski definition) is 10. The van der Waals surface area contributed by atoms with Crippen LogP contribution < -0.4 is 35.5 Å². The molecule has 8 heterocycles. The second-order valence-corrected chi connectivity index (χ2v) is 10.1. The molecule has 3 amide bonds. The molecular formula is C28H28FN7O6. The van der Waals surface area contributed by atoms with Crippen LogP contribution in [-0.2, 0) is 14.4 Å². The lowest BCUT2D eigenvalue weighted by Gasteiger charge is -2.37. The van der Waals surface area contributed by atoms with Crippen molar-refractivity contribution in [1.29, 1.82) is 0 Å². The molecule has 0 spiro atoms. The van der Waals surface area contributed by atoms with Gasteiger partial charge in [-0.25, -0.2) is 9.37 Å². The molecule has 2 unspecified atom stereocenters. The van der Waals surface area contributed by atoms with Gasteiger partial charge in [-0.2, -0.15) is 4.98 Å². The maximum Gasteiger partial charge on any atom is 0.278 e. The Morgan fingerprint density at radius 3 is 2.67 bits per heavy atom. The molecule has 14 heteroatoms. The van der Waals surface area contributed by atoms with Gasteiger partial charge in [-0.15, -0.1) is 0 Å². The first kappa shape index (κ1) is 27.1. The van der Waals surface area contributed by atoms with E-state index < -0.39 is 29.3 Å². The third-order valence-electron chi connectivity index (χ3n) is 7.29. The standard InChI is InChI=1S/C28H28FN7O6/c1-28-25(38)34-18-12-15(5-7-20(18)42-28)32-23-17(29)14-31-27(35-23)33-16-6-8-21(22(13-16)40-2)41-11-9-30-24(37)19-4-3-10-36(19)26(28)39/h5-8,12-14,19H,3-4,9-11H2,1-2H3,(H,30,37)(H,34,38)(H2,31,32,33,35). The van der Waals surface area contributed by atoms with Crippen LogP contribution in [0.1, 0.15) is 19.8 Å². The Hall–Kier alpha value is -5.14. The van der Waals surface area contributed by atoms with E-state index in [-0.39, 0.29) is 42.3 Å². The van der Waals surface area contributed by atoms with Crippen LogP contribution in [0.25, 0.3) is 0 Å². The molecule has 218 valence electrons. The van der Waals surface area contributed by atoms with Crippen molar-refractivity contribution < 1.29 is 33.0 Å². The van der Waals surface area contributed by atoms with Gasteiger partial charge in [0.1, 0.15) is 18.4 Å². The maximum atomic E-state index is 14.7. The fourth-order valence-corrected chi connectivity index (χ4v) is 5.10. The van der Waals surface area contributed by atoms with Gasteiger partial charge in [0.15, 0.2) is 23.1 Å². The monoisotopic (exact) mass is 577 g/mol. The molecule has 1 fully saturated rings. The Bertz CT molecular complexity index is 1590. The van der Waals surface area contributed by atoms with Gasteiger partial charge < -0.3 is 40.4 Å². The lowest BCUT2D eigenvalue weighted by molar-refractivity contribution is -0.157. The minimum absolute atomic E-state index is 0.111. The lowest BCUT2D eigenvalue weighted by Crippen LogP contribution is -2.61. The van der Waals surface area contributed by atoms with Crippen molar-refractivity contribution in [1.82, 2.24) is 20.2 Å². The zero-order valence-electron chi connectivity index (χ0n) is 22.8. The van der Waals surface area contributed by atoms with Gasteiger partial charge in [0, 0.05) is 24.0 Å². The van der Waals surface area contributed by atoms with E-state index in [4.69, 9.17) is 14.2 Å². The molecule has 10 rings (SSSR count). The van der Waals surface area contributed by atoms with Gasteiger partial charge in [0.25, 0.3) is 17.4 Å². The Balaban J connectivity index is 1.36. The molecule has 1 saturated heterocycles. The molecule has 7 aliphatic heterocycles. The summed E-state index contributed by atoms with van der Waals surface area (Å²) in [6, 6.07) is 9.00. The highest BCUT2D eigenvalue weighted by Gasteiger charge is 2.52. The van der Waals surface area contributed by atoms with Crippen molar-refractivity contribution in [2.24, 2.45) is 0 Å². The normalized spacial score (nSPS) is 21.8. The Labute approximate surface area is 239 Å². The number of ether oxygens (including phenoxy) is 3. The molecule has 0 aliphatic carbocycles. The summed E-state index contributed by atoms with van der Waals surface area (Å²) in [5, 5.41) is 11.4.